The molecule has 0 radical (unpaired) electrons. The number of likely N-dealkylation sites (tertiary alicyclic amines) is 1. The second-order valence-corrected chi connectivity index (χ2v) is 13.4. The van der Waals surface area contributed by atoms with Gasteiger partial charge in [0.2, 0.25) is 0 Å². The number of nitrogens with one attached hydrogen (secondary N) is 1. The van der Waals surface area contributed by atoms with Gasteiger partial charge in [-0.05, 0) is 67.8 Å². The molecule has 0 saturated carbocycles. The molecule has 4 aromatic rings. The molecule has 0 spiro atoms. The van der Waals surface area contributed by atoms with Crippen LogP contribution >= 0.6 is 11.6 Å². The molecule has 3 heterocycles. The zero-order valence-electron chi connectivity index (χ0n) is 29.6. The summed E-state index contributed by atoms with van der Waals surface area (Å²) in [7, 11) is 0. The van der Waals surface area contributed by atoms with Crippen molar-refractivity contribution >= 4 is 35.2 Å². The van der Waals surface area contributed by atoms with Gasteiger partial charge in [-0.25, -0.2) is 18.6 Å². The predicted octanol–water partition coefficient (Wildman–Crippen LogP) is 7.62. The third-order valence-electron chi connectivity index (χ3n) is 9.57. The Balaban J connectivity index is 1.23. The minimum Gasteiger partial charge on any atom is -0.493 e. The maximum Gasteiger partial charge on any atom is 0.410 e. The van der Waals surface area contributed by atoms with E-state index in [1.807, 2.05) is 80.6 Å². The molecule has 2 fully saturated rings. The molecule has 0 unspecified atom stereocenters. The number of pyridine rings is 1. The number of benzene rings is 3. The number of rotatable bonds is 11. The summed E-state index contributed by atoms with van der Waals surface area (Å²) in [5, 5.41) is 3.23. The Kier molecular flexibility index (Phi) is 12.1. The second kappa shape index (κ2) is 17.1. The normalized spacial score (nSPS) is 17.2. The van der Waals surface area contributed by atoms with Gasteiger partial charge in [0.25, 0.3) is 18.2 Å². The first-order chi connectivity index (χ1) is 25.7. The lowest BCUT2D eigenvalue weighted by molar-refractivity contribution is 0.0708. The van der Waals surface area contributed by atoms with Crippen molar-refractivity contribution in [3.05, 3.63) is 112 Å². The number of nitrogens with zero attached hydrogens (tertiary/aromatic N) is 4. The number of halogens is 3. The van der Waals surface area contributed by atoms with E-state index in [4.69, 9.17) is 26.1 Å². The lowest BCUT2D eigenvalue weighted by Gasteiger charge is -2.43. The molecule has 278 valence electrons. The summed E-state index contributed by atoms with van der Waals surface area (Å²) < 4.78 is 39.2. The number of alkyl halides is 2. The number of carbonyl (C=O) groups is 3. The molecule has 3 aromatic carbocycles. The molecule has 10 nitrogen and oxygen atoms in total. The molecule has 53 heavy (non-hydrogen) atoms. The second-order valence-electron chi connectivity index (χ2n) is 13.0. The quantitative estimate of drug-likeness (QED) is 0.169. The van der Waals surface area contributed by atoms with E-state index < -0.39 is 29.9 Å². The van der Waals surface area contributed by atoms with E-state index in [0.717, 1.165) is 17.2 Å². The number of para-hydroxylation sites is 1. The zero-order chi connectivity index (χ0) is 37.5. The van der Waals surface area contributed by atoms with Crippen molar-refractivity contribution in [3.8, 4) is 17.0 Å². The third-order valence-corrected chi connectivity index (χ3v) is 9.80. The van der Waals surface area contributed by atoms with E-state index in [2.05, 4.69) is 10.2 Å². The van der Waals surface area contributed by atoms with Crippen molar-refractivity contribution in [3.63, 3.8) is 0 Å². The van der Waals surface area contributed by atoms with Crippen LogP contribution in [0, 0.1) is 0 Å². The van der Waals surface area contributed by atoms with Gasteiger partial charge in [0.05, 0.1) is 18.0 Å². The molecule has 2 aliphatic heterocycles. The highest BCUT2D eigenvalue weighted by Gasteiger charge is 2.35. The van der Waals surface area contributed by atoms with Crippen LogP contribution < -0.4 is 15.0 Å². The molecular formula is C40H42ClF2N5O5. The first-order valence-electron chi connectivity index (χ1n) is 17.8. The van der Waals surface area contributed by atoms with E-state index in [0.29, 0.717) is 49.7 Å². The van der Waals surface area contributed by atoms with Crippen LogP contribution in [0.2, 0.25) is 5.02 Å². The van der Waals surface area contributed by atoms with Gasteiger partial charge in [0, 0.05) is 66.5 Å². The smallest absolute Gasteiger partial charge is 0.410 e. The van der Waals surface area contributed by atoms with Gasteiger partial charge in [0.1, 0.15) is 12.4 Å². The monoisotopic (exact) mass is 745 g/mol. The third kappa shape index (κ3) is 8.71. The standard InChI is InChI=1S/C40H42ClF2N5O5/c1-3-29-24-46(39(50)30-15-14-27(41)22-32(30)37(42)43)20-21-48(29)34-17-16-33(31-12-8-9-13-35(31)52-4-2)45-36(34)38(49)44-28-18-19-47(23-28)40(51)53-25-26-10-6-5-7-11-26/h5-17,22,28-29,37H,3-4,18-21,23-25H2,1-2H3,(H,44,49)/t28-,29-/m1/s1. The average Bonchev–Trinajstić information content (AvgIpc) is 3.65. The Morgan fingerprint density at radius 1 is 0.925 bits per heavy atom. The first-order valence-corrected chi connectivity index (χ1v) is 18.2. The van der Waals surface area contributed by atoms with Crippen molar-refractivity contribution in [2.24, 2.45) is 0 Å². The Hall–Kier alpha value is -5.23. The van der Waals surface area contributed by atoms with Crippen molar-refractivity contribution in [2.45, 2.75) is 51.8 Å². The molecule has 2 saturated heterocycles. The summed E-state index contributed by atoms with van der Waals surface area (Å²) in [5.41, 5.74) is 2.44. The number of ether oxygens (including phenoxy) is 2. The van der Waals surface area contributed by atoms with Gasteiger partial charge in [0.15, 0.2) is 5.69 Å². The van der Waals surface area contributed by atoms with Crippen LogP contribution in [0.5, 0.6) is 5.75 Å². The molecule has 6 rings (SSSR count). The molecule has 1 aromatic heterocycles. The lowest BCUT2D eigenvalue weighted by atomic mass is 10.0. The molecule has 1 N–H and O–H groups in total. The highest BCUT2D eigenvalue weighted by Crippen LogP contribution is 2.34. The fraction of sp³-hybridized carbons (Fsp3) is 0.350. The lowest BCUT2D eigenvalue weighted by Crippen LogP contribution is -2.55. The van der Waals surface area contributed by atoms with Crippen LogP contribution in [0.1, 0.15) is 65.1 Å². The van der Waals surface area contributed by atoms with Crippen LogP contribution in [-0.4, -0.2) is 84.1 Å². The number of piperazine rings is 1. The van der Waals surface area contributed by atoms with Gasteiger partial charge in [-0.1, -0.05) is 61.0 Å². The molecule has 0 bridgehead atoms. The van der Waals surface area contributed by atoms with Crippen molar-refractivity contribution in [2.75, 3.05) is 44.2 Å². The van der Waals surface area contributed by atoms with Gasteiger partial charge < -0.3 is 29.5 Å². The predicted molar refractivity (Wildman–Crippen MR) is 199 cm³/mol. The number of anilines is 1. The summed E-state index contributed by atoms with van der Waals surface area (Å²) in [6, 6.07) is 23.9. The van der Waals surface area contributed by atoms with Crippen molar-refractivity contribution < 1.29 is 32.6 Å². The summed E-state index contributed by atoms with van der Waals surface area (Å²) in [5.74, 6) is -0.274. The minimum atomic E-state index is -2.86. The largest absolute Gasteiger partial charge is 0.493 e. The summed E-state index contributed by atoms with van der Waals surface area (Å²) >= 11 is 5.97. The van der Waals surface area contributed by atoms with Gasteiger partial charge in [-0.2, -0.15) is 0 Å². The van der Waals surface area contributed by atoms with Gasteiger partial charge in [-0.3, -0.25) is 9.59 Å². The van der Waals surface area contributed by atoms with E-state index in [9.17, 15) is 23.2 Å². The van der Waals surface area contributed by atoms with Gasteiger partial charge >= 0.3 is 6.09 Å². The zero-order valence-corrected chi connectivity index (χ0v) is 30.4. The highest BCUT2D eigenvalue weighted by atomic mass is 35.5. The maximum absolute atomic E-state index is 14.2. The van der Waals surface area contributed by atoms with Crippen molar-refractivity contribution in [1.82, 2.24) is 20.1 Å². The topological polar surface area (TPSA) is 104 Å². The Morgan fingerprint density at radius 3 is 2.45 bits per heavy atom. The fourth-order valence-corrected chi connectivity index (χ4v) is 7.03. The van der Waals surface area contributed by atoms with E-state index in [1.165, 1.54) is 12.1 Å². The van der Waals surface area contributed by atoms with Crippen LogP contribution in [0.4, 0.5) is 19.3 Å². The average molecular weight is 746 g/mol. The summed E-state index contributed by atoms with van der Waals surface area (Å²) in [6.07, 6.45) is -2.17. The first kappa shape index (κ1) is 37.5. The Bertz CT molecular complexity index is 1930. The Morgan fingerprint density at radius 2 is 1.70 bits per heavy atom. The highest BCUT2D eigenvalue weighted by molar-refractivity contribution is 6.30. The maximum atomic E-state index is 14.2. The van der Waals surface area contributed by atoms with Crippen LogP contribution in [-0.2, 0) is 11.3 Å². The fourth-order valence-electron chi connectivity index (χ4n) is 6.85. The van der Waals surface area contributed by atoms with Gasteiger partial charge in [-0.15, -0.1) is 0 Å². The van der Waals surface area contributed by atoms with Crippen molar-refractivity contribution in [1.29, 1.82) is 0 Å². The number of amides is 3. The molecule has 3 amide bonds. The summed E-state index contributed by atoms with van der Waals surface area (Å²) in [4.78, 5) is 50.8. The molecule has 13 heteroatoms. The number of hydrogen-bond acceptors (Lipinski definition) is 7. The molecule has 2 atom stereocenters. The van der Waals surface area contributed by atoms with E-state index in [-0.39, 0.29) is 54.6 Å². The molecule has 2 aliphatic rings. The molecular weight excluding hydrogens is 704 g/mol. The number of carbonyl (C=O) groups excluding carboxylic acids is 3. The SMILES string of the molecule is CCOc1ccccc1-c1ccc(N2CCN(C(=O)c3ccc(Cl)cc3C(F)F)C[C@H]2CC)c(C(=O)N[C@@H]2CCN(C(=O)OCc3ccccc3)C2)n1. The summed E-state index contributed by atoms with van der Waals surface area (Å²) in [6.45, 7) is 6.00. The van der Waals surface area contributed by atoms with Crippen LogP contribution in [0.25, 0.3) is 11.3 Å². The minimum absolute atomic E-state index is 0.0821. The number of aromatic nitrogens is 1. The van der Waals surface area contributed by atoms with Crippen LogP contribution in [0.3, 0.4) is 0 Å². The van der Waals surface area contributed by atoms with E-state index in [1.54, 1.807) is 9.80 Å². The Labute approximate surface area is 312 Å². The number of hydrogen-bond donors (Lipinski definition) is 1. The van der Waals surface area contributed by atoms with E-state index >= 15 is 0 Å². The van der Waals surface area contributed by atoms with Crippen LogP contribution in [0.15, 0.2) is 84.9 Å². The molecule has 0 aliphatic carbocycles.